The number of rotatable bonds is 4. The van der Waals surface area contributed by atoms with Gasteiger partial charge in [0.1, 0.15) is 0 Å². The van der Waals surface area contributed by atoms with Crippen LogP contribution in [0.15, 0.2) is 35.7 Å². The minimum Gasteiger partial charge on any atom is -0.337 e. The Labute approximate surface area is 135 Å². The molecule has 1 atom stereocenters. The summed E-state index contributed by atoms with van der Waals surface area (Å²) < 4.78 is 0. The minimum atomic E-state index is 0.186. The molecule has 1 aliphatic rings. The molecule has 1 aliphatic heterocycles. The van der Waals surface area contributed by atoms with E-state index in [1.54, 1.807) is 11.3 Å². The Morgan fingerprint density at radius 3 is 3.00 bits per heavy atom. The van der Waals surface area contributed by atoms with Crippen molar-refractivity contribution in [3.8, 4) is 0 Å². The lowest BCUT2D eigenvalue weighted by Crippen LogP contribution is -2.52. The molecule has 1 aromatic carbocycles. The quantitative estimate of drug-likeness (QED) is 0.940. The van der Waals surface area contributed by atoms with E-state index in [0.29, 0.717) is 6.42 Å². The number of hydrogen-bond acceptors (Lipinski definition) is 4. The number of aromatic nitrogens is 1. The van der Waals surface area contributed by atoms with Crippen molar-refractivity contribution in [1.82, 2.24) is 15.2 Å². The zero-order valence-electron chi connectivity index (χ0n) is 12.8. The third kappa shape index (κ3) is 3.72. The van der Waals surface area contributed by atoms with Crippen LogP contribution in [0.3, 0.4) is 0 Å². The van der Waals surface area contributed by atoms with Gasteiger partial charge in [0.25, 0.3) is 0 Å². The van der Waals surface area contributed by atoms with Crippen LogP contribution in [-0.4, -0.2) is 41.5 Å². The normalized spacial score (nSPS) is 18.4. The van der Waals surface area contributed by atoms with Gasteiger partial charge >= 0.3 is 0 Å². The van der Waals surface area contributed by atoms with Crippen LogP contribution >= 0.6 is 11.3 Å². The van der Waals surface area contributed by atoms with E-state index in [0.717, 1.165) is 36.8 Å². The van der Waals surface area contributed by atoms with Crippen LogP contribution < -0.4 is 5.32 Å². The molecule has 5 heteroatoms. The third-order valence-electron chi connectivity index (χ3n) is 3.95. The van der Waals surface area contributed by atoms with Crippen molar-refractivity contribution in [3.63, 3.8) is 0 Å². The maximum atomic E-state index is 12.4. The van der Waals surface area contributed by atoms with E-state index in [1.165, 1.54) is 5.56 Å². The summed E-state index contributed by atoms with van der Waals surface area (Å²) in [6.45, 7) is 4.64. The van der Waals surface area contributed by atoms with E-state index < -0.39 is 0 Å². The monoisotopic (exact) mass is 315 g/mol. The average molecular weight is 315 g/mol. The van der Waals surface area contributed by atoms with E-state index in [2.05, 4.69) is 29.4 Å². The second-order valence-electron chi connectivity index (χ2n) is 5.71. The molecule has 0 radical (unpaired) electrons. The van der Waals surface area contributed by atoms with Crippen molar-refractivity contribution in [1.29, 1.82) is 0 Å². The Hall–Kier alpha value is -1.72. The van der Waals surface area contributed by atoms with Gasteiger partial charge in [0.2, 0.25) is 5.91 Å². The van der Waals surface area contributed by atoms with Crippen LogP contribution in [0.1, 0.15) is 23.2 Å². The van der Waals surface area contributed by atoms with Crippen molar-refractivity contribution >= 4 is 17.2 Å². The molecule has 2 aromatic rings. The van der Waals surface area contributed by atoms with Crippen LogP contribution in [0.4, 0.5) is 0 Å². The fraction of sp³-hybridized carbons (Fsp3) is 0.412. The van der Waals surface area contributed by atoms with Gasteiger partial charge in [0, 0.05) is 37.5 Å². The first-order chi connectivity index (χ1) is 10.7. The van der Waals surface area contributed by atoms with Crippen molar-refractivity contribution < 1.29 is 4.79 Å². The highest BCUT2D eigenvalue weighted by molar-refractivity contribution is 7.09. The standard InChI is InChI=1S/C17H21N3OS/c1-13-11-18-7-8-20(13)17(21)10-15-12-22-16(19-15)9-14-5-3-2-4-6-14/h2-6,12-13,18H,7-11H2,1H3. The molecule has 1 aromatic heterocycles. The Morgan fingerprint density at radius 2 is 2.23 bits per heavy atom. The van der Waals surface area contributed by atoms with Crippen molar-refractivity contribution in [2.75, 3.05) is 19.6 Å². The maximum absolute atomic E-state index is 12.4. The Morgan fingerprint density at radius 1 is 1.41 bits per heavy atom. The second-order valence-corrected chi connectivity index (χ2v) is 6.65. The molecule has 2 heterocycles. The molecule has 116 valence electrons. The van der Waals surface area contributed by atoms with Crippen molar-refractivity contribution in [3.05, 3.63) is 52.0 Å². The van der Waals surface area contributed by atoms with Crippen LogP contribution in [0.2, 0.25) is 0 Å². The highest BCUT2D eigenvalue weighted by Gasteiger charge is 2.23. The Kier molecular flexibility index (Phi) is 4.85. The molecule has 0 bridgehead atoms. The van der Waals surface area contributed by atoms with E-state index in [-0.39, 0.29) is 11.9 Å². The fourth-order valence-corrected chi connectivity index (χ4v) is 3.58. The number of nitrogens with one attached hydrogen (secondary N) is 1. The second kappa shape index (κ2) is 7.03. The fourth-order valence-electron chi connectivity index (χ4n) is 2.75. The highest BCUT2D eigenvalue weighted by atomic mass is 32.1. The zero-order valence-corrected chi connectivity index (χ0v) is 13.6. The smallest absolute Gasteiger partial charge is 0.228 e. The molecule has 3 rings (SSSR count). The minimum absolute atomic E-state index is 0.186. The van der Waals surface area contributed by atoms with E-state index >= 15 is 0 Å². The molecule has 0 spiro atoms. The average Bonchev–Trinajstić information content (AvgIpc) is 2.95. The summed E-state index contributed by atoms with van der Waals surface area (Å²) in [5.41, 5.74) is 2.15. The first-order valence-electron chi connectivity index (χ1n) is 7.70. The number of thiazole rings is 1. The summed E-state index contributed by atoms with van der Waals surface area (Å²) in [5, 5.41) is 6.40. The van der Waals surface area contributed by atoms with Gasteiger partial charge in [-0.1, -0.05) is 30.3 Å². The molecule has 1 unspecified atom stereocenters. The molecule has 22 heavy (non-hydrogen) atoms. The number of carbonyl (C=O) groups is 1. The number of nitrogens with zero attached hydrogens (tertiary/aromatic N) is 2. The SMILES string of the molecule is CC1CNCCN1C(=O)Cc1csc(Cc2ccccc2)n1. The van der Waals surface area contributed by atoms with Crippen LogP contribution in [-0.2, 0) is 17.6 Å². The predicted molar refractivity (Wildman–Crippen MR) is 89.1 cm³/mol. The summed E-state index contributed by atoms with van der Waals surface area (Å²) in [7, 11) is 0. The van der Waals surface area contributed by atoms with E-state index in [9.17, 15) is 4.79 Å². The van der Waals surface area contributed by atoms with Gasteiger partial charge in [-0.05, 0) is 12.5 Å². The first-order valence-corrected chi connectivity index (χ1v) is 8.58. The lowest BCUT2D eigenvalue weighted by atomic mass is 10.1. The molecule has 0 saturated carbocycles. The molecule has 1 saturated heterocycles. The van der Waals surface area contributed by atoms with Gasteiger partial charge in [-0.2, -0.15) is 0 Å². The van der Waals surface area contributed by atoms with Gasteiger partial charge in [0.15, 0.2) is 0 Å². The summed E-state index contributed by atoms with van der Waals surface area (Å²) in [6.07, 6.45) is 1.25. The summed E-state index contributed by atoms with van der Waals surface area (Å²) in [6, 6.07) is 10.6. The van der Waals surface area contributed by atoms with E-state index in [1.807, 2.05) is 28.5 Å². The van der Waals surface area contributed by atoms with Gasteiger partial charge in [-0.15, -0.1) is 11.3 Å². The lowest BCUT2D eigenvalue weighted by molar-refractivity contribution is -0.133. The lowest BCUT2D eigenvalue weighted by Gasteiger charge is -2.33. The molecule has 1 amide bonds. The molecule has 1 N–H and O–H groups in total. The number of hydrogen-bond donors (Lipinski definition) is 1. The summed E-state index contributed by atoms with van der Waals surface area (Å²) >= 11 is 1.64. The first kappa shape index (κ1) is 15.2. The summed E-state index contributed by atoms with van der Waals surface area (Å²) in [4.78, 5) is 19.0. The van der Waals surface area contributed by atoms with Crippen LogP contribution in [0.5, 0.6) is 0 Å². The Balaban J connectivity index is 1.60. The molecule has 4 nitrogen and oxygen atoms in total. The third-order valence-corrected chi connectivity index (χ3v) is 4.85. The molecule has 1 fully saturated rings. The Bertz CT molecular complexity index is 626. The van der Waals surface area contributed by atoms with Gasteiger partial charge in [0.05, 0.1) is 17.1 Å². The zero-order chi connectivity index (χ0) is 15.4. The predicted octanol–water partition coefficient (Wildman–Crippen LogP) is 2.10. The van der Waals surface area contributed by atoms with Crippen molar-refractivity contribution in [2.45, 2.75) is 25.8 Å². The van der Waals surface area contributed by atoms with Gasteiger partial charge in [-0.25, -0.2) is 4.98 Å². The molecule has 0 aliphatic carbocycles. The topological polar surface area (TPSA) is 45.2 Å². The largest absolute Gasteiger partial charge is 0.337 e. The molecular formula is C17H21N3OS. The van der Waals surface area contributed by atoms with Crippen molar-refractivity contribution in [2.24, 2.45) is 0 Å². The summed E-state index contributed by atoms with van der Waals surface area (Å²) in [5.74, 6) is 0.186. The van der Waals surface area contributed by atoms with Gasteiger partial charge < -0.3 is 10.2 Å². The number of benzene rings is 1. The number of piperazine rings is 1. The maximum Gasteiger partial charge on any atom is 0.228 e. The van der Waals surface area contributed by atoms with Gasteiger partial charge in [-0.3, -0.25) is 4.79 Å². The van der Waals surface area contributed by atoms with Crippen LogP contribution in [0.25, 0.3) is 0 Å². The van der Waals surface area contributed by atoms with Crippen LogP contribution in [0, 0.1) is 0 Å². The van der Waals surface area contributed by atoms with E-state index in [4.69, 9.17) is 0 Å². The number of carbonyl (C=O) groups excluding carboxylic acids is 1. The number of amides is 1. The highest BCUT2D eigenvalue weighted by Crippen LogP contribution is 2.16. The molecular weight excluding hydrogens is 294 g/mol.